The van der Waals surface area contributed by atoms with Crippen molar-refractivity contribution in [1.82, 2.24) is 0 Å². The average Bonchev–Trinajstić information content (AvgIpc) is 3.14. The average molecular weight is 519 g/mol. The number of aliphatic hydroxyl groups excluding tert-OH is 1. The minimum absolute atomic E-state index is 0.00358. The number of anilines is 2. The molecule has 37 heavy (non-hydrogen) atoms. The van der Waals surface area contributed by atoms with Gasteiger partial charge in [-0.15, -0.1) is 0 Å². The zero-order valence-corrected chi connectivity index (χ0v) is 22.5. The molecule has 0 aromatic heterocycles. The van der Waals surface area contributed by atoms with Crippen LogP contribution in [0.25, 0.3) is 5.76 Å². The molecule has 192 valence electrons. The highest BCUT2D eigenvalue weighted by molar-refractivity contribution is 6.51. The zero-order valence-electron chi connectivity index (χ0n) is 21.7. The number of methoxy groups -OCH3 is 1. The minimum Gasteiger partial charge on any atom is -0.507 e. The van der Waals surface area contributed by atoms with Gasteiger partial charge >= 0.3 is 0 Å². The fraction of sp³-hybridized carbons (Fsp3) is 0.267. The third-order valence-corrected chi connectivity index (χ3v) is 6.98. The number of ketones is 1. The van der Waals surface area contributed by atoms with Crippen LogP contribution < -0.4 is 14.5 Å². The van der Waals surface area contributed by atoms with Crippen LogP contribution in [-0.2, 0) is 9.59 Å². The Kier molecular flexibility index (Phi) is 7.60. The van der Waals surface area contributed by atoms with Crippen molar-refractivity contribution in [2.45, 2.75) is 33.7 Å². The summed E-state index contributed by atoms with van der Waals surface area (Å²) in [5, 5.41) is 12.0. The summed E-state index contributed by atoms with van der Waals surface area (Å²) >= 11 is 6.25. The number of Topliss-reactive ketones (excluding diaryl/α,β-unsaturated/α-hetero) is 1. The predicted molar refractivity (Wildman–Crippen MR) is 149 cm³/mol. The van der Waals surface area contributed by atoms with Crippen molar-refractivity contribution in [3.8, 4) is 5.75 Å². The minimum atomic E-state index is -0.852. The van der Waals surface area contributed by atoms with E-state index in [1.807, 2.05) is 44.2 Å². The molecule has 0 bridgehead atoms. The van der Waals surface area contributed by atoms with E-state index in [1.54, 1.807) is 30.3 Å². The summed E-state index contributed by atoms with van der Waals surface area (Å²) in [5.74, 6) is -1.32. The Morgan fingerprint density at radius 2 is 1.70 bits per heavy atom. The maximum absolute atomic E-state index is 13.5. The number of aliphatic hydroxyl groups is 1. The SMILES string of the molecule is CCN(CC)c1ccc(C2/C(=C(\O)c3cc(C)cc(C)c3OC)C(=O)C(=O)N2c2cccc(Cl)c2)cc1. The van der Waals surface area contributed by atoms with E-state index in [0.29, 0.717) is 27.6 Å². The van der Waals surface area contributed by atoms with E-state index >= 15 is 0 Å². The molecule has 1 fully saturated rings. The van der Waals surface area contributed by atoms with Crippen LogP contribution in [0.2, 0.25) is 5.02 Å². The molecule has 1 amide bonds. The van der Waals surface area contributed by atoms with Gasteiger partial charge in [-0.3, -0.25) is 14.5 Å². The lowest BCUT2D eigenvalue weighted by molar-refractivity contribution is -0.132. The number of hydrogen-bond donors (Lipinski definition) is 1. The summed E-state index contributed by atoms with van der Waals surface area (Å²) in [7, 11) is 1.52. The Morgan fingerprint density at radius 3 is 2.30 bits per heavy atom. The molecular formula is C30H31ClN2O4. The Bertz CT molecular complexity index is 1380. The van der Waals surface area contributed by atoms with Crippen molar-refractivity contribution in [2.24, 2.45) is 0 Å². The number of benzene rings is 3. The third-order valence-electron chi connectivity index (χ3n) is 6.75. The molecule has 3 aromatic carbocycles. The fourth-order valence-electron chi connectivity index (χ4n) is 5.04. The monoisotopic (exact) mass is 518 g/mol. The topological polar surface area (TPSA) is 70.1 Å². The molecule has 1 aliphatic heterocycles. The van der Waals surface area contributed by atoms with Crippen LogP contribution in [-0.4, -0.2) is 37.0 Å². The first-order valence-corrected chi connectivity index (χ1v) is 12.7. The summed E-state index contributed by atoms with van der Waals surface area (Å²) in [6.07, 6.45) is 0. The maximum atomic E-state index is 13.5. The van der Waals surface area contributed by atoms with Gasteiger partial charge in [-0.25, -0.2) is 0 Å². The van der Waals surface area contributed by atoms with Gasteiger partial charge in [-0.1, -0.05) is 35.9 Å². The fourth-order valence-corrected chi connectivity index (χ4v) is 5.23. The quantitative estimate of drug-likeness (QED) is 0.221. The van der Waals surface area contributed by atoms with Gasteiger partial charge in [0, 0.05) is 29.5 Å². The van der Waals surface area contributed by atoms with E-state index in [0.717, 1.165) is 29.9 Å². The number of rotatable bonds is 7. The Hall–Kier alpha value is -3.77. The first-order chi connectivity index (χ1) is 17.7. The molecule has 1 saturated heterocycles. The summed E-state index contributed by atoms with van der Waals surface area (Å²) in [4.78, 5) is 30.6. The number of nitrogens with zero attached hydrogens (tertiary/aromatic N) is 2. The summed E-state index contributed by atoms with van der Waals surface area (Å²) in [6, 6.07) is 17.4. The first kappa shape index (κ1) is 26.3. The molecular weight excluding hydrogens is 488 g/mol. The van der Waals surface area contributed by atoms with Gasteiger partial charge in [0.1, 0.15) is 11.5 Å². The number of aryl methyl sites for hydroxylation is 2. The molecule has 4 rings (SSSR count). The van der Waals surface area contributed by atoms with Gasteiger partial charge in [-0.05, 0) is 80.8 Å². The first-order valence-electron chi connectivity index (χ1n) is 12.3. The lowest BCUT2D eigenvalue weighted by atomic mass is 9.93. The van der Waals surface area contributed by atoms with E-state index in [-0.39, 0.29) is 11.3 Å². The summed E-state index contributed by atoms with van der Waals surface area (Å²) in [6.45, 7) is 9.64. The second-order valence-electron chi connectivity index (χ2n) is 9.08. The summed E-state index contributed by atoms with van der Waals surface area (Å²) < 4.78 is 5.58. The van der Waals surface area contributed by atoms with Crippen LogP contribution in [0.15, 0.2) is 66.2 Å². The molecule has 0 spiro atoms. The van der Waals surface area contributed by atoms with Gasteiger partial charge in [0.25, 0.3) is 11.7 Å². The van der Waals surface area contributed by atoms with Crippen LogP contribution in [0.1, 0.15) is 42.1 Å². The van der Waals surface area contributed by atoms with Crippen molar-refractivity contribution in [2.75, 3.05) is 30.0 Å². The van der Waals surface area contributed by atoms with Crippen LogP contribution in [0.3, 0.4) is 0 Å². The largest absolute Gasteiger partial charge is 0.507 e. The van der Waals surface area contributed by atoms with Gasteiger partial charge in [-0.2, -0.15) is 0 Å². The zero-order chi connectivity index (χ0) is 26.9. The van der Waals surface area contributed by atoms with Crippen molar-refractivity contribution in [3.63, 3.8) is 0 Å². The van der Waals surface area contributed by atoms with Crippen LogP contribution in [0, 0.1) is 13.8 Å². The molecule has 6 nitrogen and oxygen atoms in total. The van der Waals surface area contributed by atoms with Crippen molar-refractivity contribution >= 4 is 40.4 Å². The summed E-state index contributed by atoms with van der Waals surface area (Å²) in [5.41, 5.74) is 4.28. The maximum Gasteiger partial charge on any atom is 0.300 e. The van der Waals surface area contributed by atoms with Crippen LogP contribution >= 0.6 is 11.6 Å². The van der Waals surface area contributed by atoms with E-state index in [4.69, 9.17) is 16.3 Å². The Labute approximate surface area is 222 Å². The highest BCUT2D eigenvalue weighted by atomic mass is 35.5. The lowest BCUT2D eigenvalue weighted by Gasteiger charge is -2.27. The van der Waals surface area contributed by atoms with Gasteiger partial charge in [0.15, 0.2) is 0 Å². The van der Waals surface area contributed by atoms with Gasteiger partial charge in [0.2, 0.25) is 0 Å². The molecule has 0 saturated carbocycles. The van der Waals surface area contributed by atoms with Crippen LogP contribution in [0.4, 0.5) is 11.4 Å². The van der Waals surface area contributed by atoms with Crippen molar-refractivity contribution in [3.05, 3.63) is 93.5 Å². The standard InChI is InChI=1S/C30H31ClN2O4/c1-6-32(7-2)22-13-11-20(12-14-22)26-25(27(34)24-16-18(3)15-19(4)29(24)37-5)28(35)30(36)33(26)23-10-8-9-21(31)17-23/h8-17,26,34H,6-7H2,1-5H3/b27-25+. The number of carbonyl (C=O) groups excluding carboxylic acids is 2. The van der Waals surface area contributed by atoms with E-state index in [2.05, 4.69) is 18.7 Å². The molecule has 0 aliphatic carbocycles. The molecule has 1 N–H and O–H groups in total. The number of amides is 1. The van der Waals surface area contributed by atoms with E-state index < -0.39 is 17.7 Å². The number of ether oxygens (including phenoxy) is 1. The predicted octanol–water partition coefficient (Wildman–Crippen LogP) is 6.44. The normalized spacial score (nSPS) is 16.8. The van der Waals surface area contributed by atoms with Crippen molar-refractivity contribution in [1.29, 1.82) is 0 Å². The van der Waals surface area contributed by atoms with E-state index in [1.165, 1.54) is 12.0 Å². The smallest absolute Gasteiger partial charge is 0.300 e. The van der Waals surface area contributed by atoms with Gasteiger partial charge in [0.05, 0.1) is 24.3 Å². The van der Waals surface area contributed by atoms with E-state index in [9.17, 15) is 14.7 Å². The highest BCUT2D eigenvalue weighted by Crippen LogP contribution is 2.44. The van der Waals surface area contributed by atoms with Crippen LogP contribution in [0.5, 0.6) is 5.75 Å². The second kappa shape index (κ2) is 10.7. The number of halogens is 1. The lowest BCUT2D eigenvalue weighted by Crippen LogP contribution is -2.29. The molecule has 1 unspecified atom stereocenters. The molecule has 0 radical (unpaired) electrons. The van der Waals surface area contributed by atoms with Crippen molar-refractivity contribution < 1.29 is 19.4 Å². The Morgan fingerprint density at radius 1 is 1.03 bits per heavy atom. The molecule has 7 heteroatoms. The highest BCUT2D eigenvalue weighted by Gasteiger charge is 2.47. The number of carbonyl (C=O) groups is 2. The molecule has 3 aromatic rings. The third kappa shape index (κ3) is 4.81. The second-order valence-corrected chi connectivity index (χ2v) is 9.51. The number of hydrogen-bond acceptors (Lipinski definition) is 5. The Balaban J connectivity index is 1.97. The molecule has 1 heterocycles. The van der Waals surface area contributed by atoms with Gasteiger partial charge < -0.3 is 14.7 Å². The molecule has 1 aliphatic rings. The molecule has 1 atom stereocenters.